The zero-order chi connectivity index (χ0) is 23.8. The number of aliphatic imine (C=N–C) groups is 1. The molecule has 1 N–H and O–H groups in total. The summed E-state index contributed by atoms with van der Waals surface area (Å²) in [6, 6.07) is 10.1. The maximum atomic E-state index is 13.2. The number of amides is 2. The van der Waals surface area contributed by atoms with Crippen LogP contribution < -0.4 is 5.32 Å². The Bertz CT molecular complexity index is 983. The number of carbonyl (C=O) groups is 2. The Morgan fingerprint density at radius 1 is 1.12 bits per heavy atom. The molecule has 1 fully saturated rings. The number of allylic oxidation sites excluding steroid dienone is 2. The maximum absolute atomic E-state index is 13.2. The Morgan fingerprint density at radius 2 is 1.91 bits per heavy atom. The van der Waals surface area contributed by atoms with Crippen LogP contribution in [0.1, 0.15) is 31.2 Å². The van der Waals surface area contributed by atoms with Gasteiger partial charge in [-0.15, -0.1) is 0 Å². The van der Waals surface area contributed by atoms with Crippen molar-refractivity contribution in [1.82, 2.24) is 15.1 Å². The number of thiocarbonyl (C=S) groups is 1. The molecule has 1 aromatic carbocycles. The van der Waals surface area contributed by atoms with E-state index in [2.05, 4.69) is 27.3 Å². The van der Waals surface area contributed by atoms with Gasteiger partial charge in [0.25, 0.3) is 0 Å². The topological polar surface area (TPSA) is 74.2 Å². The largest absolute Gasteiger partial charge is 0.378 e. The van der Waals surface area contributed by atoms with E-state index in [0.29, 0.717) is 37.8 Å². The van der Waals surface area contributed by atoms with Crippen molar-refractivity contribution in [3.8, 4) is 0 Å². The maximum Gasteiger partial charge on any atom is 0.241 e. The van der Waals surface area contributed by atoms with Crippen LogP contribution in [0.3, 0.4) is 0 Å². The molecule has 0 saturated carbocycles. The molecule has 0 radical (unpaired) electrons. The molecule has 2 amide bonds. The first-order valence-electron chi connectivity index (χ1n) is 12.1. The van der Waals surface area contributed by atoms with Crippen LogP contribution in [0.15, 0.2) is 59.2 Å². The van der Waals surface area contributed by atoms with Gasteiger partial charge in [0.15, 0.2) is 0 Å². The number of nitrogens with one attached hydrogen (secondary N) is 1. The summed E-state index contributed by atoms with van der Waals surface area (Å²) < 4.78 is 5.43. The molecule has 1 aliphatic carbocycles. The molecular weight excluding hydrogens is 448 g/mol. The summed E-state index contributed by atoms with van der Waals surface area (Å²) >= 11 is 5.41. The Kier molecular flexibility index (Phi) is 8.60. The van der Waals surface area contributed by atoms with E-state index in [4.69, 9.17) is 17.0 Å². The molecule has 2 aliphatic heterocycles. The highest BCUT2D eigenvalue weighted by atomic mass is 32.1. The predicted molar refractivity (Wildman–Crippen MR) is 136 cm³/mol. The molecular formula is C26H32N4O3S. The van der Waals surface area contributed by atoms with Gasteiger partial charge < -0.3 is 15.0 Å². The first-order chi connectivity index (χ1) is 16.6. The second-order valence-electron chi connectivity index (χ2n) is 8.71. The lowest BCUT2D eigenvalue weighted by atomic mass is 9.93. The van der Waals surface area contributed by atoms with Crippen molar-refractivity contribution in [2.24, 2.45) is 10.9 Å². The number of unbranched alkanes of at least 4 members (excludes halogenated alkanes) is 2. The van der Waals surface area contributed by atoms with Gasteiger partial charge >= 0.3 is 0 Å². The fourth-order valence-electron chi connectivity index (χ4n) is 4.37. The summed E-state index contributed by atoms with van der Waals surface area (Å²) in [5.41, 5.74) is 2.98. The fourth-order valence-corrected chi connectivity index (χ4v) is 4.66. The van der Waals surface area contributed by atoms with Crippen LogP contribution in [-0.4, -0.2) is 71.8 Å². The quantitative estimate of drug-likeness (QED) is 0.412. The standard InChI is InChI=1S/C26H32N4O3S/c31-24(27-13-12-20-7-3-1-4-8-20)9-5-2-6-14-30-25(32)22-19-21(29-15-17-33-18-16-29)10-11-23(22)28-26(30)34/h1,3-4,7-8,10-11,19,22H,2,5-6,9,12-18H2,(H,27,31). The predicted octanol–water partition coefficient (Wildman–Crippen LogP) is 2.88. The highest BCUT2D eigenvalue weighted by molar-refractivity contribution is 7.80. The zero-order valence-electron chi connectivity index (χ0n) is 19.4. The molecule has 0 spiro atoms. The van der Waals surface area contributed by atoms with Crippen LogP contribution in [0, 0.1) is 5.92 Å². The third-order valence-corrected chi connectivity index (χ3v) is 6.62. The third kappa shape index (κ3) is 6.39. The van der Waals surface area contributed by atoms with Crippen LogP contribution in [0.2, 0.25) is 0 Å². The number of ether oxygens (including phenoxy) is 1. The van der Waals surface area contributed by atoms with Crippen LogP contribution in [0.25, 0.3) is 0 Å². The number of rotatable bonds is 10. The lowest BCUT2D eigenvalue weighted by molar-refractivity contribution is -0.128. The summed E-state index contributed by atoms with van der Waals surface area (Å²) in [7, 11) is 0. The molecule has 34 heavy (non-hydrogen) atoms. The molecule has 7 nitrogen and oxygen atoms in total. The molecule has 1 unspecified atom stereocenters. The smallest absolute Gasteiger partial charge is 0.241 e. The normalized spacial score (nSPS) is 20.1. The van der Waals surface area contributed by atoms with Crippen LogP contribution in [0.4, 0.5) is 0 Å². The van der Waals surface area contributed by atoms with E-state index in [1.54, 1.807) is 4.90 Å². The van der Waals surface area contributed by atoms with E-state index in [9.17, 15) is 9.59 Å². The molecule has 3 aliphatic rings. The summed E-state index contributed by atoms with van der Waals surface area (Å²) in [5.74, 6) is -0.321. The Hall–Kier alpha value is -2.84. The molecule has 1 atom stereocenters. The van der Waals surface area contributed by atoms with Crippen molar-refractivity contribution in [2.75, 3.05) is 39.4 Å². The number of hydrogen-bond acceptors (Lipinski definition) is 5. The Labute approximate surface area is 206 Å². The van der Waals surface area contributed by atoms with Crippen molar-refractivity contribution in [2.45, 2.75) is 32.1 Å². The number of carbonyl (C=O) groups excluding carboxylic acids is 2. The SMILES string of the molecule is O=C(CCCCCN1C(=O)C2C=C(N3CCOCC3)C=CC2=NC1=S)NCCc1ccccc1. The van der Waals surface area contributed by atoms with Crippen molar-refractivity contribution in [1.29, 1.82) is 0 Å². The van der Waals surface area contributed by atoms with Crippen LogP contribution >= 0.6 is 12.2 Å². The number of nitrogens with zero attached hydrogens (tertiary/aromatic N) is 3. The van der Waals surface area contributed by atoms with Crippen LogP contribution in [-0.2, 0) is 20.7 Å². The molecule has 180 valence electrons. The zero-order valence-corrected chi connectivity index (χ0v) is 20.3. The van der Waals surface area contributed by atoms with E-state index in [-0.39, 0.29) is 17.7 Å². The van der Waals surface area contributed by atoms with Gasteiger partial charge in [0.1, 0.15) is 5.92 Å². The van der Waals surface area contributed by atoms with Gasteiger partial charge in [0, 0.05) is 38.3 Å². The Balaban J connectivity index is 1.18. The minimum Gasteiger partial charge on any atom is -0.378 e. The number of hydrogen-bond donors (Lipinski definition) is 1. The second kappa shape index (κ2) is 12.0. The van der Waals surface area contributed by atoms with E-state index in [0.717, 1.165) is 50.2 Å². The molecule has 0 aromatic heterocycles. The van der Waals surface area contributed by atoms with Gasteiger partial charge in [-0.1, -0.05) is 36.8 Å². The first kappa shape index (κ1) is 24.3. The molecule has 2 heterocycles. The van der Waals surface area contributed by atoms with Gasteiger partial charge in [0.05, 0.1) is 18.9 Å². The van der Waals surface area contributed by atoms with Crippen molar-refractivity contribution >= 4 is 34.9 Å². The van der Waals surface area contributed by atoms with Gasteiger partial charge in [-0.2, -0.15) is 0 Å². The average molecular weight is 481 g/mol. The molecule has 1 aromatic rings. The lowest BCUT2D eigenvalue weighted by Gasteiger charge is -2.35. The lowest BCUT2D eigenvalue weighted by Crippen LogP contribution is -2.47. The fraction of sp³-hybridized carbons (Fsp3) is 0.462. The summed E-state index contributed by atoms with van der Waals surface area (Å²) in [6.45, 7) is 4.23. The highest BCUT2D eigenvalue weighted by Gasteiger charge is 2.35. The summed E-state index contributed by atoms with van der Waals surface area (Å²) in [4.78, 5) is 33.6. The molecule has 1 saturated heterocycles. The Morgan fingerprint density at radius 3 is 2.71 bits per heavy atom. The highest BCUT2D eigenvalue weighted by Crippen LogP contribution is 2.25. The van der Waals surface area contributed by atoms with Crippen molar-refractivity contribution in [3.63, 3.8) is 0 Å². The van der Waals surface area contributed by atoms with Gasteiger partial charge in [-0.05, 0) is 55.3 Å². The first-order valence-corrected chi connectivity index (χ1v) is 12.5. The van der Waals surface area contributed by atoms with E-state index < -0.39 is 0 Å². The van der Waals surface area contributed by atoms with Gasteiger partial charge in [-0.25, -0.2) is 4.99 Å². The second-order valence-corrected chi connectivity index (χ2v) is 9.07. The molecule has 0 bridgehead atoms. The number of benzene rings is 1. The monoisotopic (exact) mass is 480 g/mol. The number of fused-ring (bicyclic) bond motifs is 1. The summed E-state index contributed by atoms with van der Waals surface area (Å²) in [6.07, 6.45) is 9.68. The van der Waals surface area contributed by atoms with E-state index in [1.807, 2.05) is 36.4 Å². The minimum atomic E-state index is -0.384. The minimum absolute atomic E-state index is 0.0104. The van der Waals surface area contributed by atoms with Gasteiger partial charge in [-0.3, -0.25) is 14.5 Å². The van der Waals surface area contributed by atoms with E-state index >= 15 is 0 Å². The summed E-state index contributed by atoms with van der Waals surface area (Å²) in [5, 5.41) is 3.32. The van der Waals surface area contributed by atoms with Crippen LogP contribution in [0.5, 0.6) is 0 Å². The number of morpholine rings is 1. The van der Waals surface area contributed by atoms with E-state index in [1.165, 1.54) is 5.56 Å². The molecule has 4 rings (SSSR count). The van der Waals surface area contributed by atoms with Crippen molar-refractivity contribution < 1.29 is 14.3 Å². The van der Waals surface area contributed by atoms with Crippen molar-refractivity contribution in [3.05, 3.63) is 59.8 Å². The average Bonchev–Trinajstić information content (AvgIpc) is 2.86. The van der Waals surface area contributed by atoms with Gasteiger partial charge in [0.2, 0.25) is 16.9 Å². The molecule has 8 heteroatoms. The third-order valence-electron chi connectivity index (χ3n) is 6.31.